The highest BCUT2D eigenvalue weighted by Gasteiger charge is 2.14. The lowest BCUT2D eigenvalue weighted by Gasteiger charge is -2.10. The topological polar surface area (TPSA) is 125 Å². The van der Waals surface area contributed by atoms with Crippen molar-refractivity contribution < 1.29 is 24.5 Å². The summed E-state index contributed by atoms with van der Waals surface area (Å²) < 4.78 is 5.83. The molecule has 0 saturated heterocycles. The van der Waals surface area contributed by atoms with Crippen molar-refractivity contribution in [2.75, 3.05) is 0 Å². The maximum absolute atomic E-state index is 11.6. The lowest BCUT2D eigenvalue weighted by molar-refractivity contribution is -0.131. The first-order valence-electron chi connectivity index (χ1n) is 8.48. The summed E-state index contributed by atoms with van der Waals surface area (Å²) in [6.07, 6.45) is 1.50. The molecule has 0 aliphatic heterocycles. The normalized spacial score (nSPS) is 11.3. The van der Waals surface area contributed by atoms with Crippen molar-refractivity contribution in [2.24, 2.45) is 0 Å². The summed E-state index contributed by atoms with van der Waals surface area (Å²) in [7, 11) is 0. The second-order valence-corrected chi connectivity index (χ2v) is 6.96. The Kier molecular flexibility index (Phi) is 6.30. The molecule has 0 atom stereocenters. The number of carboxylic acids is 2. The standard InChI is InChI=1S/C20H17N3O5S/c1-12-21-20(23-22-12)29-17(19(26)27)10-15-4-2-3-5-16(15)28-11-13-6-8-14(9-7-13)18(24)25/h2-10H,11H2,1H3,(H,24,25)(H,26,27)(H,21,22,23)/b17-10-. The van der Waals surface area contributed by atoms with E-state index >= 15 is 0 Å². The van der Waals surface area contributed by atoms with Crippen molar-refractivity contribution in [2.45, 2.75) is 18.7 Å². The van der Waals surface area contributed by atoms with Crippen LogP contribution >= 0.6 is 11.8 Å². The Hall–Kier alpha value is -3.59. The van der Waals surface area contributed by atoms with Crippen LogP contribution in [0.2, 0.25) is 0 Å². The number of aromatic nitrogens is 3. The molecule has 9 heteroatoms. The largest absolute Gasteiger partial charge is 0.488 e. The number of carboxylic acid groups (broad SMARTS) is 2. The molecule has 2 aromatic carbocycles. The Balaban J connectivity index is 1.78. The third kappa shape index (κ3) is 5.45. The van der Waals surface area contributed by atoms with E-state index in [0.717, 1.165) is 17.3 Å². The van der Waals surface area contributed by atoms with Crippen molar-refractivity contribution in [3.05, 3.63) is 76.0 Å². The molecular weight excluding hydrogens is 394 g/mol. The van der Waals surface area contributed by atoms with E-state index in [1.807, 2.05) is 0 Å². The van der Waals surface area contributed by atoms with Gasteiger partial charge in [0.05, 0.1) is 5.56 Å². The predicted octanol–water partition coefficient (Wildman–Crippen LogP) is 3.61. The molecule has 0 spiro atoms. The maximum atomic E-state index is 11.6. The van der Waals surface area contributed by atoms with E-state index in [1.54, 1.807) is 43.3 Å². The molecule has 0 bridgehead atoms. The van der Waals surface area contributed by atoms with E-state index in [-0.39, 0.29) is 17.1 Å². The van der Waals surface area contributed by atoms with Crippen LogP contribution in [0, 0.1) is 6.92 Å². The van der Waals surface area contributed by atoms with Gasteiger partial charge in [-0.15, -0.1) is 5.10 Å². The van der Waals surface area contributed by atoms with Crippen molar-refractivity contribution >= 4 is 29.8 Å². The second-order valence-electron chi connectivity index (χ2n) is 5.95. The van der Waals surface area contributed by atoms with E-state index in [9.17, 15) is 14.7 Å². The van der Waals surface area contributed by atoms with Crippen molar-refractivity contribution in [1.29, 1.82) is 0 Å². The van der Waals surface area contributed by atoms with Gasteiger partial charge in [0.2, 0.25) is 5.16 Å². The molecule has 1 aromatic heterocycles. The van der Waals surface area contributed by atoms with Gasteiger partial charge in [-0.05, 0) is 48.5 Å². The minimum Gasteiger partial charge on any atom is -0.488 e. The average Bonchev–Trinajstić information content (AvgIpc) is 3.11. The van der Waals surface area contributed by atoms with Crippen LogP contribution in [0.1, 0.15) is 27.3 Å². The number of nitrogens with zero attached hydrogens (tertiary/aromatic N) is 2. The van der Waals surface area contributed by atoms with Crippen molar-refractivity contribution in [1.82, 2.24) is 15.2 Å². The molecule has 3 rings (SSSR count). The van der Waals surface area contributed by atoms with Crippen LogP contribution in [0.25, 0.3) is 6.08 Å². The van der Waals surface area contributed by atoms with Gasteiger partial charge in [-0.2, -0.15) is 0 Å². The third-order valence-electron chi connectivity index (χ3n) is 3.79. The van der Waals surface area contributed by atoms with Crippen LogP contribution in [0.4, 0.5) is 0 Å². The molecule has 0 saturated carbocycles. The van der Waals surface area contributed by atoms with Crippen LogP contribution in [0.5, 0.6) is 5.75 Å². The predicted molar refractivity (Wildman–Crippen MR) is 107 cm³/mol. The number of thioether (sulfide) groups is 1. The van der Waals surface area contributed by atoms with Crippen molar-refractivity contribution in [3.8, 4) is 5.75 Å². The number of aromatic carboxylic acids is 1. The van der Waals surface area contributed by atoms with Gasteiger partial charge in [0.25, 0.3) is 0 Å². The minimum atomic E-state index is -1.10. The fourth-order valence-electron chi connectivity index (χ4n) is 2.38. The summed E-state index contributed by atoms with van der Waals surface area (Å²) in [4.78, 5) is 26.7. The molecule has 1 heterocycles. The molecule has 3 aromatic rings. The molecule has 0 amide bonds. The van der Waals surface area contributed by atoms with Crippen LogP contribution < -0.4 is 4.74 Å². The number of nitrogens with one attached hydrogen (secondary N) is 1. The number of benzene rings is 2. The second kappa shape index (κ2) is 9.07. The number of hydrogen-bond acceptors (Lipinski definition) is 6. The highest BCUT2D eigenvalue weighted by atomic mass is 32.2. The van der Waals surface area contributed by atoms with Gasteiger partial charge in [0.15, 0.2) is 0 Å². The molecule has 8 nitrogen and oxygen atoms in total. The van der Waals surface area contributed by atoms with Crippen LogP contribution in [-0.2, 0) is 11.4 Å². The maximum Gasteiger partial charge on any atom is 0.342 e. The summed E-state index contributed by atoms with van der Waals surface area (Å²) in [6, 6.07) is 13.4. The van der Waals surface area contributed by atoms with Crippen LogP contribution in [-0.4, -0.2) is 37.3 Å². The molecular formula is C20H17N3O5S. The average molecular weight is 411 g/mol. The van der Waals surface area contributed by atoms with Gasteiger partial charge in [-0.1, -0.05) is 30.3 Å². The Bertz CT molecular complexity index is 1060. The molecule has 3 N–H and O–H groups in total. The lowest BCUT2D eigenvalue weighted by atomic mass is 10.1. The zero-order chi connectivity index (χ0) is 20.8. The number of hydrogen-bond donors (Lipinski definition) is 3. The van der Waals surface area contributed by atoms with E-state index in [2.05, 4.69) is 15.2 Å². The summed E-state index contributed by atoms with van der Waals surface area (Å²) in [5, 5.41) is 25.4. The van der Waals surface area contributed by atoms with Gasteiger partial charge in [0.1, 0.15) is 23.1 Å². The summed E-state index contributed by atoms with van der Waals surface area (Å²) in [5.41, 5.74) is 1.58. The number of carbonyl (C=O) groups is 2. The highest BCUT2D eigenvalue weighted by molar-refractivity contribution is 8.04. The Labute approximate surface area is 170 Å². The molecule has 0 unspecified atom stereocenters. The Morgan fingerprint density at radius 3 is 2.48 bits per heavy atom. The molecule has 0 fully saturated rings. The summed E-state index contributed by atoms with van der Waals surface area (Å²) in [5.74, 6) is -1.00. The number of para-hydroxylation sites is 1. The summed E-state index contributed by atoms with van der Waals surface area (Å²) >= 11 is 0.937. The first-order chi connectivity index (χ1) is 13.9. The smallest absolute Gasteiger partial charge is 0.342 e. The van der Waals surface area contributed by atoms with E-state index in [0.29, 0.717) is 22.3 Å². The van der Waals surface area contributed by atoms with Gasteiger partial charge in [-0.3, -0.25) is 5.10 Å². The van der Waals surface area contributed by atoms with Gasteiger partial charge in [0, 0.05) is 5.56 Å². The number of rotatable bonds is 8. The molecule has 148 valence electrons. The summed E-state index contributed by atoms with van der Waals surface area (Å²) in [6.45, 7) is 1.94. The van der Waals surface area contributed by atoms with E-state index < -0.39 is 11.9 Å². The third-order valence-corrected chi connectivity index (χ3v) is 4.67. The van der Waals surface area contributed by atoms with E-state index in [1.165, 1.54) is 18.2 Å². The fraction of sp³-hybridized carbons (Fsp3) is 0.100. The van der Waals surface area contributed by atoms with Crippen LogP contribution in [0.3, 0.4) is 0 Å². The number of aliphatic carboxylic acids is 1. The molecule has 0 aliphatic rings. The fourth-order valence-corrected chi connectivity index (χ4v) is 3.12. The molecule has 29 heavy (non-hydrogen) atoms. The van der Waals surface area contributed by atoms with Crippen molar-refractivity contribution in [3.63, 3.8) is 0 Å². The number of H-pyrrole nitrogens is 1. The highest BCUT2D eigenvalue weighted by Crippen LogP contribution is 2.29. The lowest BCUT2D eigenvalue weighted by Crippen LogP contribution is -2.01. The van der Waals surface area contributed by atoms with Gasteiger partial charge >= 0.3 is 11.9 Å². The number of aryl methyl sites for hydroxylation is 1. The molecule has 0 radical (unpaired) electrons. The first-order valence-corrected chi connectivity index (χ1v) is 9.30. The quantitative estimate of drug-likeness (QED) is 0.379. The minimum absolute atomic E-state index is 0.0471. The Morgan fingerprint density at radius 1 is 1.14 bits per heavy atom. The van der Waals surface area contributed by atoms with E-state index in [4.69, 9.17) is 9.84 Å². The zero-order valence-corrected chi connectivity index (χ0v) is 16.1. The SMILES string of the molecule is Cc1nc(S/C(=C\c2ccccc2OCc2ccc(C(=O)O)cc2)C(=O)O)n[nH]1. The number of aromatic amines is 1. The van der Waals surface area contributed by atoms with Gasteiger partial charge < -0.3 is 14.9 Å². The monoisotopic (exact) mass is 411 g/mol. The first kappa shape index (κ1) is 20.2. The number of ether oxygens (including phenoxy) is 1. The Morgan fingerprint density at radius 2 is 1.86 bits per heavy atom. The molecule has 0 aliphatic carbocycles. The van der Waals surface area contributed by atoms with Crippen LogP contribution in [0.15, 0.2) is 58.6 Å². The zero-order valence-electron chi connectivity index (χ0n) is 15.3. The van der Waals surface area contributed by atoms with Gasteiger partial charge in [-0.25, -0.2) is 14.6 Å².